The minimum absolute atomic E-state index is 0.0516. The Morgan fingerprint density at radius 1 is 0.864 bits per heavy atom. The highest BCUT2D eigenvalue weighted by atomic mass is 32.2. The highest BCUT2D eigenvalue weighted by Gasteiger charge is 2.43. The number of carbonyl (C=O) groups is 1. The maximum absolute atomic E-state index is 14.3. The molecule has 2 heterocycles. The summed E-state index contributed by atoms with van der Waals surface area (Å²) in [4.78, 5) is 13.9. The molecule has 0 N–H and O–H groups in total. The lowest BCUT2D eigenvalue weighted by molar-refractivity contribution is -0.135. The van der Waals surface area contributed by atoms with E-state index in [4.69, 9.17) is 9.15 Å². The van der Waals surface area contributed by atoms with Gasteiger partial charge in [-0.25, -0.2) is 38.6 Å². The van der Waals surface area contributed by atoms with Gasteiger partial charge in [-0.3, -0.25) is 4.79 Å². The molecule has 1 aliphatic carbocycles. The van der Waals surface area contributed by atoms with Crippen LogP contribution in [0.4, 0.5) is 23.2 Å². The molecule has 2 aliphatic heterocycles. The summed E-state index contributed by atoms with van der Waals surface area (Å²) in [5.74, 6) is -10.8. The topological polar surface area (TPSA) is 227 Å². The first-order valence-corrected chi connectivity index (χ1v) is 25.0. The highest BCUT2D eigenvalue weighted by molar-refractivity contribution is 7.86. The van der Waals surface area contributed by atoms with Crippen molar-refractivity contribution in [1.29, 1.82) is 0 Å². The van der Waals surface area contributed by atoms with E-state index in [1.807, 2.05) is 43.5 Å². The lowest BCUT2D eigenvalue weighted by Gasteiger charge is -2.30. The van der Waals surface area contributed by atoms with Gasteiger partial charge < -0.3 is 32.4 Å². The maximum atomic E-state index is 14.3. The molecule has 22 heteroatoms. The number of hydrogen-bond acceptors (Lipinski definition) is 14. The van der Waals surface area contributed by atoms with Crippen LogP contribution in [0.5, 0.6) is 5.75 Å². The summed E-state index contributed by atoms with van der Waals surface area (Å²) in [7, 11) is -12.6. The van der Waals surface area contributed by atoms with Crippen molar-refractivity contribution in [3.8, 4) is 17.1 Å². The van der Waals surface area contributed by atoms with Crippen LogP contribution in [0.3, 0.4) is 0 Å². The summed E-state index contributed by atoms with van der Waals surface area (Å²) < 4.78 is 180. The van der Waals surface area contributed by atoms with Crippen LogP contribution in [-0.2, 0) is 50.7 Å². The Balaban J connectivity index is 1.61. The highest BCUT2D eigenvalue weighted by Crippen LogP contribution is 2.51. The molecule has 0 radical (unpaired) electrons. The van der Waals surface area contributed by atoms with Crippen LogP contribution in [-0.4, -0.2) is 89.7 Å². The Kier molecular flexibility index (Phi) is 16.1. The molecule has 0 bridgehead atoms. The largest absolute Gasteiger partial charge is 0.748 e. The van der Waals surface area contributed by atoms with Crippen molar-refractivity contribution in [2.75, 3.05) is 49.8 Å². The summed E-state index contributed by atoms with van der Waals surface area (Å²) in [5.41, 5.74) is 0.876. The molecule has 0 amide bonds. The van der Waals surface area contributed by atoms with Gasteiger partial charge in [-0.15, -0.1) is 0 Å². The Bertz CT molecular complexity index is 2900. The summed E-state index contributed by atoms with van der Waals surface area (Å²) in [6.45, 7) is 8.42. The van der Waals surface area contributed by atoms with Crippen LogP contribution in [0.2, 0.25) is 0 Å². The quantitative estimate of drug-likeness (QED) is 0.0267. The van der Waals surface area contributed by atoms with Gasteiger partial charge in [0.05, 0.1) is 31.2 Å². The third-order valence-corrected chi connectivity index (χ3v) is 13.4. The van der Waals surface area contributed by atoms with E-state index in [1.54, 1.807) is 36.1 Å². The van der Waals surface area contributed by atoms with Crippen LogP contribution >= 0.6 is 0 Å². The second-order valence-electron chi connectivity index (χ2n) is 16.9. The van der Waals surface area contributed by atoms with E-state index in [-0.39, 0.29) is 50.4 Å². The SMILES string of the molecule is COCC[N+](CCCS(=O)(=O)[O-])=c1ccc2c(C(C)(C)C)cc(/C=C/C=C3/N(CCCS(=O)(=O)[O-])c4ccc(S(=O)(=O)[O-])cc4C3(C)CCCC(=O)Oc3c(F)c(F)cc(F)c3F)oc-2c1. The second-order valence-corrected chi connectivity index (χ2v) is 21.3. The van der Waals surface area contributed by atoms with Crippen molar-refractivity contribution in [3.63, 3.8) is 0 Å². The fourth-order valence-corrected chi connectivity index (χ4v) is 9.28. The molecule has 15 nitrogen and oxygen atoms in total. The van der Waals surface area contributed by atoms with Crippen LogP contribution in [0.25, 0.3) is 17.4 Å². The number of benzene rings is 3. The van der Waals surface area contributed by atoms with Crippen molar-refractivity contribution in [3.05, 3.63) is 112 Å². The van der Waals surface area contributed by atoms with Gasteiger partial charge >= 0.3 is 5.97 Å². The Morgan fingerprint density at radius 2 is 1.52 bits per heavy atom. The van der Waals surface area contributed by atoms with E-state index in [1.165, 1.54) is 13.2 Å². The number of rotatable bonds is 19. The number of nitrogens with zero attached hydrogens (tertiary/aromatic N) is 2. The fraction of sp³-hybridized carbons (Fsp3) is 0.409. The molecular weight excluding hydrogens is 937 g/mol. The molecule has 0 saturated carbocycles. The molecule has 2 aromatic rings. The van der Waals surface area contributed by atoms with Gasteiger partial charge in [-0.05, 0) is 85.2 Å². The molecule has 1 unspecified atom stereocenters. The summed E-state index contributed by atoms with van der Waals surface area (Å²) in [6, 6.07) is 10.8. The molecule has 3 aliphatic rings. The number of ether oxygens (including phenoxy) is 2. The van der Waals surface area contributed by atoms with Gasteiger partial charge in [0.1, 0.15) is 34.8 Å². The molecule has 0 fully saturated rings. The molecule has 0 saturated heterocycles. The smallest absolute Gasteiger partial charge is 0.311 e. The average Bonchev–Trinajstić information content (AvgIpc) is 3.43. The molecule has 360 valence electrons. The standard InChI is InChI=1S/C44H50F4N2O13S3/c1-43(2,3)32-25-29(62-37-24-28(13-15-31(32)37)49(20-21-61-5)18-8-22-64(52,53)54)10-6-11-38-44(4,17-7-12-39(51)63-42-40(47)34(45)27-35(46)41(42)48)33-26-30(66(58,59)60)14-16-36(33)50(38)19-9-23-65(55,56)57/h6,10-11,13-16,24-27H,7-9,12,17-23H2,1-5H3,(H2-,52,53,54,55,56,57,58,59,60)/p-2. The number of halogens is 4. The van der Waals surface area contributed by atoms with E-state index < -0.39 is 99.0 Å². The van der Waals surface area contributed by atoms with Gasteiger partial charge in [0.25, 0.3) is 0 Å². The van der Waals surface area contributed by atoms with Crippen molar-refractivity contribution in [2.45, 2.75) is 75.5 Å². The zero-order valence-electron chi connectivity index (χ0n) is 36.6. The van der Waals surface area contributed by atoms with Crippen molar-refractivity contribution >= 4 is 48.1 Å². The first-order valence-electron chi connectivity index (χ1n) is 20.5. The fourth-order valence-electron chi connectivity index (χ4n) is 7.81. The number of esters is 1. The second kappa shape index (κ2) is 20.5. The summed E-state index contributed by atoms with van der Waals surface area (Å²) in [5, 5.41) is 0.659. The molecule has 2 aromatic carbocycles. The minimum atomic E-state index is -5.03. The van der Waals surface area contributed by atoms with Gasteiger partial charge in [0, 0.05) is 72.5 Å². The Labute approximate surface area is 380 Å². The number of allylic oxidation sites excluding steroid dienone is 3. The van der Waals surface area contributed by atoms with Crippen LogP contribution < -0.4 is 19.6 Å². The van der Waals surface area contributed by atoms with E-state index in [9.17, 15) is 61.3 Å². The minimum Gasteiger partial charge on any atom is -0.748 e. The lowest BCUT2D eigenvalue weighted by atomic mass is 9.77. The van der Waals surface area contributed by atoms with Crippen LogP contribution in [0, 0.1) is 23.3 Å². The first kappa shape index (κ1) is 52.0. The predicted octanol–water partition coefficient (Wildman–Crippen LogP) is 5.88. The Morgan fingerprint density at radius 3 is 2.12 bits per heavy atom. The molecular formula is C44H48F4N2O13S3-2. The van der Waals surface area contributed by atoms with E-state index >= 15 is 0 Å². The van der Waals surface area contributed by atoms with Crippen molar-refractivity contribution in [1.82, 2.24) is 4.58 Å². The number of anilines is 1. The van der Waals surface area contributed by atoms with Gasteiger partial charge in [0.2, 0.25) is 22.7 Å². The van der Waals surface area contributed by atoms with Gasteiger partial charge in [-0.2, -0.15) is 8.78 Å². The first-order chi connectivity index (χ1) is 30.6. The summed E-state index contributed by atoms with van der Waals surface area (Å²) in [6.07, 6.45) is 3.90. The Hall–Kier alpha value is -4.97. The van der Waals surface area contributed by atoms with Crippen LogP contribution in [0.15, 0.2) is 75.7 Å². The van der Waals surface area contributed by atoms with Crippen molar-refractivity contribution in [2.24, 2.45) is 0 Å². The zero-order chi connectivity index (χ0) is 49.0. The number of carbonyl (C=O) groups excluding carboxylic acids is 1. The third-order valence-electron chi connectivity index (χ3n) is 11.0. The molecule has 0 spiro atoms. The van der Waals surface area contributed by atoms with Gasteiger partial charge in [0.15, 0.2) is 18.2 Å². The van der Waals surface area contributed by atoms with E-state index in [0.29, 0.717) is 41.4 Å². The number of hydrogen-bond donors (Lipinski definition) is 0. The normalized spacial score (nSPS) is 17.0. The maximum Gasteiger partial charge on any atom is 0.311 e. The monoisotopic (exact) mass is 984 g/mol. The van der Waals surface area contributed by atoms with Crippen LogP contribution in [0.1, 0.15) is 76.7 Å². The summed E-state index contributed by atoms with van der Waals surface area (Å²) >= 11 is 0. The zero-order valence-corrected chi connectivity index (χ0v) is 39.0. The number of fused-ring (bicyclic) bond motifs is 2. The third kappa shape index (κ3) is 12.9. The molecule has 1 atom stereocenters. The van der Waals surface area contributed by atoms with E-state index in [0.717, 1.165) is 23.3 Å². The van der Waals surface area contributed by atoms with Crippen molar-refractivity contribution < 1.29 is 75.2 Å². The molecule has 66 heavy (non-hydrogen) atoms. The number of methoxy groups -OCH3 is 1. The van der Waals surface area contributed by atoms with E-state index in [2.05, 4.69) is 4.74 Å². The molecule has 5 rings (SSSR count). The molecule has 0 aromatic heterocycles. The predicted molar refractivity (Wildman–Crippen MR) is 231 cm³/mol. The van der Waals surface area contributed by atoms with Gasteiger partial charge in [-0.1, -0.05) is 26.8 Å². The average molecular weight is 985 g/mol. The lowest BCUT2D eigenvalue weighted by Crippen LogP contribution is -2.34.